The zero-order chi connectivity index (χ0) is 12.3. The van der Waals surface area contributed by atoms with Crippen LogP contribution in [0.5, 0.6) is 0 Å². The summed E-state index contributed by atoms with van der Waals surface area (Å²) in [7, 11) is 0. The van der Waals surface area contributed by atoms with Crippen molar-refractivity contribution in [2.45, 2.75) is 69.6 Å². The highest BCUT2D eigenvalue weighted by atomic mass is 32.2. The lowest BCUT2D eigenvalue weighted by Crippen LogP contribution is -2.47. The standard InChI is InChI=1S/C15H29NS/c1-12(2)13-6-4-7-14(10-13)16-11-15(17-3)8-5-9-15/h12-14,16H,4-11H2,1-3H3. The summed E-state index contributed by atoms with van der Waals surface area (Å²) >= 11 is 2.09. The molecule has 2 fully saturated rings. The molecule has 2 aliphatic rings. The van der Waals surface area contributed by atoms with Crippen LogP contribution < -0.4 is 5.32 Å². The Kier molecular flexibility index (Phi) is 4.82. The maximum atomic E-state index is 3.88. The molecule has 0 bridgehead atoms. The molecule has 1 nitrogen and oxygen atoms in total. The van der Waals surface area contributed by atoms with E-state index in [1.54, 1.807) is 0 Å². The van der Waals surface area contributed by atoms with Crippen molar-refractivity contribution >= 4 is 11.8 Å². The van der Waals surface area contributed by atoms with Crippen LogP contribution in [0.25, 0.3) is 0 Å². The zero-order valence-electron chi connectivity index (χ0n) is 11.8. The Morgan fingerprint density at radius 1 is 1.24 bits per heavy atom. The number of nitrogens with one attached hydrogen (secondary N) is 1. The van der Waals surface area contributed by atoms with E-state index in [0.29, 0.717) is 4.75 Å². The molecule has 0 saturated heterocycles. The van der Waals surface area contributed by atoms with Gasteiger partial charge in [-0.05, 0) is 43.8 Å². The van der Waals surface area contributed by atoms with E-state index in [1.807, 2.05) is 0 Å². The second kappa shape index (κ2) is 5.97. The van der Waals surface area contributed by atoms with Gasteiger partial charge in [0, 0.05) is 17.3 Å². The van der Waals surface area contributed by atoms with Gasteiger partial charge in [0.25, 0.3) is 0 Å². The first-order valence-electron chi connectivity index (χ1n) is 7.44. The van der Waals surface area contributed by atoms with E-state index in [0.717, 1.165) is 17.9 Å². The van der Waals surface area contributed by atoms with Crippen molar-refractivity contribution < 1.29 is 0 Å². The minimum atomic E-state index is 0.602. The van der Waals surface area contributed by atoms with Gasteiger partial charge >= 0.3 is 0 Å². The molecule has 0 aromatic heterocycles. The fourth-order valence-electron chi connectivity index (χ4n) is 3.37. The molecule has 0 heterocycles. The first kappa shape index (κ1) is 13.7. The Hall–Kier alpha value is 0.310. The van der Waals surface area contributed by atoms with Gasteiger partial charge in [-0.25, -0.2) is 0 Å². The summed E-state index contributed by atoms with van der Waals surface area (Å²) in [5.74, 6) is 1.84. The molecule has 0 aliphatic heterocycles. The Morgan fingerprint density at radius 3 is 2.53 bits per heavy atom. The molecule has 2 aliphatic carbocycles. The summed E-state index contributed by atoms with van der Waals surface area (Å²) in [6, 6.07) is 0.806. The van der Waals surface area contributed by atoms with Crippen LogP contribution in [0.15, 0.2) is 0 Å². The molecule has 0 radical (unpaired) electrons. The smallest absolute Gasteiger partial charge is 0.0281 e. The molecular formula is C15H29NS. The summed E-state index contributed by atoms with van der Waals surface area (Å²) in [6.45, 7) is 6.04. The fourth-order valence-corrected chi connectivity index (χ4v) is 4.30. The monoisotopic (exact) mass is 255 g/mol. The zero-order valence-corrected chi connectivity index (χ0v) is 12.6. The maximum absolute atomic E-state index is 3.88. The lowest BCUT2D eigenvalue weighted by molar-refractivity contribution is 0.220. The Morgan fingerprint density at radius 2 is 2.00 bits per heavy atom. The first-order chi connectivity index (χ1) is 8.15. The minimum Gasteiger partial charge on any atom is -0.313 e. The number of rotatable bonds is 5. The molecule has 0 spiro atoms. The second-order valence-electron chi connectivity index (χ2n) is 6.49. The van der Waals surface area contributed by atoms with Gasteiger partial charge in [0.2, 0.25) is 0 Å². The quantitative estimate of drug-likeness (QED) is 0.794. The predicted molar refractivity (Wildman–Crippen MR) is 78.7 cm³/mol. The maximum Gasteiger partial charge on any atom is 0.0281 e. The van der Waals surface area contributed by atoms with E-state index >= 15 is 0 Å². The molecule has 2 saturated carbocycles. The summed E-state index contributed by atoms with van der Waals surface area (Å²) in [4.78, 5) is 0. The van der Waals surface area contributed by atoms with E-state index < -0.39 is 0 Å². The van der Waals surface area contributed by atoms with Crippen molar-refractivity contribution in [3.8, 4) is 0 Å². The molecule has 2 rings (SSSR count). The van der Waals surface area contributed by atoms with E-state index in [-0.39, 0.29) is 0 Å². The Bertz CT molecular complexity index is 230. The molecule has 17 heavy (non-hydrogen) atoms. The van der Waals surface area contributed by atoms with Gasteiger partial charge in [0.15, 0.2) is 0 Å². The van der Waals surface area contributed by atoms with Crippen LogP contribution in [-0.2, 0) is 0 Å². The lowest BCUT2D eigenvalue weighted by atomic mass is 9.78. The van der Waals surface area contributed by atoms with Gasteiger partial charge < -0.3 is 5.32 Å². The third-order valence-electron chi connectivity index (χ3n) is 5.07. The van der Waals surface area contributed by atoms with Crippen LogP contribution in [0.1, 0.15) is 58.8 Å². The molecule has 2 heteroatoms. The SMILES string of the molecule is CSC1(CNC2CCCC(C(C)C)C2)CCC1. The average Bonchev–Trinajstić information content (AvgIpc) is 2.28. The van der Waals surface area contributed by atoms with Crippen molar-refractivity contribution in [2.75, 3.05) is 12.8 Å². The van der Waals surface area contributed by atoms with Crippen LogP contribution in [0.3, 0.4) is 0 Å². The van der Waals surface area contributed by atoms with E-state index in [2.05, 4.69) is 37.2 Å². The van der Waals surface area contributed by atoms with Crippen molar-refractivity contribution in [1.29, 1.82) is 0 Å². The van der Waals surface area contributed by atoms with Gasteiger partial charge in [-0.3, -0.25) is 0 Å². The lowest BCUT2D eigenvalue weighted by Gasteiger charge is -2.42. The predicted octanol–water partition coefficient (Wildman–Crippen LogP) is 4.08. The van der Waals surface area contributed by atoms with Crippen LogP contribution in [-0.4, -0.2) is 23.6 Å². The Labute approximate surface area is 112 Å². The van der Waals surface area contributed by atoms with Crippen LogP contribution >= 0.6 is 11.8 Å². The summed E-state index contributed by atoms with van der Waals surface area (Å²) in [5.41, 5.74) is 0. The first-order valence-corrected chi connectivity index (χ1v) is 8.66. The van der Waals surface area contributed by atoms with Crippen LogP contribution in [0, 0.1) is 11.8 Å². The van der Waals surface area contributed by atoms with Gasteiger partial charge in [0.1, 0.15) is 0 Å². The largest absolute Gasteiger partial charge is 0.313 e. The van der Waals surface area contributed by atoms with Gasteiger partial charge in [-0.15, -0.1) is 0 Å². The van der Waals surface area contributed by atoms with E-state index in [1.165, 1.54) is 51.5 Å². The summed E-state index contributed by atoms with van der Waals surface area (Å²) in [6.07, 6.45) is 12.3. The Balaban J connectivity index is 1.75. The van der Waals surface area contributed by atoms with E-state index in [4.69, 9.17) is 0 Å². The molecule has 1 N–H and O–H groups in total. The van der Waals surface area contributed by atoms with Crippen molar-refractivity contribution in [3.63, 3.8) is 0 Å². The normalized spacial score (nSPS) is 32.5. The summed E-state index contributed by atoms with van der Waals surface area (Å²) < 4.78 is 0.602. The molecular weight excluding hydrogens is 226 g/mol. The number of hydrogen-bond acceptors (Lipinski definition) is 2. The number of hydrogen-bond donors (Lipinski definition) is 1. The highest BCUT2D eigenvalue weighted by molar-refractivity contribution is 8.00. The average molecular weight is 255 g/mol. The molecule has 2 unspecified atom stereocenters. The van der Waals surface area contributed by atoms with Gasteiger partial charge in [0.05, 0.1) is 0 Å². The molecule has 100 valence electrons. The third-order valence-corrected chi connectivity index (χ3v) is 6.49. The highest BCUT2D eigenvalue weighted by Crippen LogP contribution is 2.42. The van der Waals surface area contributed by atoms with Crippen LogP contribution in [0.4, 0.5) is 0 Å². The minimum absolute atomic E-state index is 0.602. The molecule has 2 atom stereocenters. The van der Waals surface area contributed by atoms with Gasteiger partial charge in [-0.1, -0.05) is 33.1 Å². The highest BCUT2D eigenvalue weighted by Gasteiger charge is 2.36. The topological polar surface area (TPSA) is 12.0 Å². The molecule has 0 aromatic carbocycles. The van der Waals surface area contributed by atoms with Gasteiger partial charge in [-0.2, -0.15) is 11.8 Å². The van der Waals surface area contributed by atoms with Crippen molar-refractivity contribution in [2.24, 2.45) is 11.8 Å². The van der Waals surface area contributed by atoms with Crippen molar-refractivity contribution in [3.05, 3.63) is 0 Å². The summed E-state index contributed by atoms with van der Waals surface area (Å²) in [5, 5.41) is 3.88. The van der Waals surface area contributed by atoms with E-state index in [9.17, 15) is 0 Å². The number of thioether (sulfide) groups is 1. The molecule has 0 aromatic rings. The van der Waals surface area contributed by atoms with Crippen molar-refractivity contribution in [1.82, 2.24) is 5.32 Å². The fraction of sp³-hybridized carbons (Fsp3) is 1.00. The third kappa shape index (κ3) is 3.41. The second-order valence-corrected chi connectivity index (χ2v) is 7.76. The van der Waals surface area contributed by atoms with Crippen LogP contribution in [0.2, 0.25) is 0 Å². The molecule has 0 amide bonds.